The van der Waals surface area contributed by atoms with Crippen molar-refractivity contribution in [3.63, 3.8) is 0 Å². The highest BCUT2D eigenvalue weighted by Gasteiger charge is 2.08. The quantitative estimate of drug-likeness (QED) is 0.719. The summed E-state index contributed by atoms with van der Waals surface area (Å²) in [4.78, 5) is 11.3. The summed E-state index contributed by atoms with van der Waals surface area (Å²) in [7, 11) is 0. The number of hydrogen-bond acceptors (Lipinski definition) is 2. The minimum absolute atomic E-state index is 0.119. The van der Waals surface area contributed by atoms with Crippen molar-refractivity contribution in [3.8, 4) is 0 Å². The second kappa shape index (κ2) is 4.08. The highest BCUT2D eigenvalue weighted by Crippen LogP contribution is 2.19. The number of benzene rings is 1. The van der Waals surface area contributed by atoms with Gasteiger partial charge in [0, 0.05) is 17.8 Å². The zero-order chi connectivity index (χ0) is 9.84. The molecule has 1 aromatic carbocycles. The van der Waals surface area contributed by atoms with E-state index in [1.807, 2.05) is 32.0 Å². The van der Waals surface area contributed by atoms with Crippen LogP contribution in [0, 0.1) is 6.92 Å². The van der Waals surface area contributed by atoms with E-state index in [4.69, 9.17) is 0 Å². The van der Waals surface area contributed by atoms with Crippen LogP contribution in [0.25, 0.3) is 0 Å². The molecular weight excluding hydrogens is 162 g/mol. The number of rotatable bonds is 3. The summed E-state index contributed by atoms with van der Waals surface area (Å²) in [6.07, 6.45) is 0. The first-order valence-electron chi connectivity index (χ1n) is 4.51. The van der Waals surface area contributed by atoms with Crippen LogP contribution in [-0.2, 0) is 0 Å². The van der Waals surface area contributed by atoms with Gasteiger partial charge in [-0.05, 0) is 32.4 Å². The van der Waals surface area contributed by atoms with Crippen LogP contribution in [-0.4, -0.2) is 12.3 Å². The number of carbonyl (C=O) groups excluding carboxylic acids is 1. The van der Waals surface area contributed by atoms with E-state index in [9.17, 15) is 4.79 Å². The minimum atomic E-state index is 0.119. The van der Waals surface area contributed by atoms with Crippen molar-refractivity contribution < 1.29 is 4.79 Å². The summed E-state index contributed by atoms with van der Waals surface area (Å²) in [5.74, 6) is 0.119. The Balaban J connectivity index is 3.17. The van der Waals surface area contributed by atoms with Gasteiger partial charge in [-0.15, -0.1) is 0 Å². The van der Waals surface area contributed by atoms with Crippen LogP contribution in [0.1, 0.15) is 29.8 Å². The Labute approximate surface area is 79.0 Å². The zero-order valence-electron chi connectivity index (χ0n) is 8.35. The first-order valence-corrected chi connectivity index (χ1v) is 4.51. The Kier molecular flexibility index (Phi) is 3.07. The fourth-order valence-electron chi connectivity index (χ4n) is 1.47. The minimum Gasteiger partial charge on any atom is -0.385 e. The summed E-state index contributed by atoms with van der Waals surface area (Å²) in [6, 6.07) is 5.85. The lowest BCUT2D eigenvalue weighted by atomic mass is 10.0. The molecule has 0 saturated heterocycles. The highest BCUT2D eigenvalue weighted by atomic mass is 16.1. The van der Waals surface area contributed by atoms with Crippen molar-refractivity contribution in [3.05, 3.63) is 29.3 Å². The maximum absolute atomic E-state index is 11.3. The van der Waals surface area contributed by atoms with Crippen LogP contribution in [0.2, 0.25) is 0 Å². The highest BCUT2D eigenvalue weighted by molar-refractivity contribution is 6.00. The molecule has 0 unspecified atom stereocenters. The molecule has 0 amide bonds. The van der Waals surface area contributed by atoms with E-state index in [0.29, 0.717) is 0 Å². The van der Waals surface area contributed by atoms with Crippen molar-refractivity contribution in [2.75, 3.05) is 11.9 Å². The van der Waals surface area contributed by atoms with Crippen molar-refractivity contribution in [2.45, 2.75) is 20.8 Å². The molecule has 0 bridgehead atoms. The molecule has 2 heteroatoms. The second-order valence-electron chi connectivity index (χ2n) is 3.08. The van der Waals surface area contributed by atoms with Gasteiger partial charge in [-0.25, -0.2) is 0 Å². The summed E-state index contributed by atoms with van der Waals surface area (Å²) in [5.41, 5.74) is 2.78. The van der Waals surface area contributed by atoms with Crippen LogP contribution >= 0.6 is 0 Å². The maximum Gasteiger partial charge on any atom is 0.162 e. The fraction of sp³-hybridized carbons (Fsp3) is 0.364. The molecular formula is C11H15NO. The van der Waals surface area contributed by atoms with E-state index in [-0.39, 0.29) is 5.78 Å². The SMILES string of the molecule is CCNc1cccc(C)c1C(C)=O. The van der Waals surface area contributed by atoms with Gasteiger partial charge in [-0.1, -0.05) is 12.1 Å². The van der Waals surface area contributed by atoms with E-state index >= 15 is 0 Å². The molecule has 1 rings (SSSR count). The van der Waals surface area contributed by atoms with Crippen molar-refractivity contribution in [2.24, 2.45) is 0 Å². The third-order valence-electron chi connectivity index (χ3n) is 1.99. The van der Waals surface area contributed by atoms with Gasteiger partial charge in [0.25, 0.3) is 0 Å². The number of carbonyl (C=O) groups is 1. The standard InChI is InChI=1S/C11H15NO/c1-4-12-10-7-5-6-8(2)11(10)9(3)13/h5-7,12H,4H2,1-3H3. The molecule has 0 fully saturated rings. The van der Waals surface area contributed by atoms with Crippen molar-refractivity contribution in [1.29, 1.82) is 0 Å². The van der Waals surface area contributed by atoms with Crippen molar-refractivity contribution >= 4 is 11.5 Å². The lowest BCUT2D eigenvalue weighted by molar-refractivity contribution is 0.101. The molecule has 0 spiro atoms. The van der Waals surface area contributed by atoms with Crippen LogP contribution in [0.4, 0.5) is 5.69 Å². The van der Waals surface area contributed by atoms with E-state index in [1.54, 1.807) is 6.92 Å². The Morgan fingerprint density at radius 2 is 2.15 bits per heavy atom. The first kappa shape index (κ1) is 9.78. The molecule has 0 aliphatic rings. The van der Waals surface area contributed by atoms with Crippen LogP contribution in [0.3, 0.4) is 0 Å². The lowest BCUT2D eigenvalue weighted by Crippen LogP contribution is -2.05. The van der Waals surface area contributed by atoms with Gasteiger partial charge in [-0.2, -0.15) is 0 Å². The average molecular weight is 177 g/mol. The van der Waals surface area contributed by atoms with Gasteiger partial charge < -0.3 is 5.32 Å². The molecule has 0 saturated carbocycles. The van der Waals surface area contributed by atoms with E-state index in [1.165, 1.54) is 0 Å². The molecule has 0 radical (unpaired) electrons. The molecule has 0 aliphatic heterocycles. The number of aryl methyl sites for hydroxylation is 1. The molecule has 13 heavy (non-hydrogen) atoms. The van der Waals surface area contributed by atoms with Crippen molar-refractivity contribution in [1.82, 2.24) is 0 Å². The molecule has 2 nitrogen and oxygen atoms in total. The lowest BCUT2D eigenvalue weighted by Gasteiger charge is -2.10. The Morgan fingerprint density at radius 3 is 2.69 bits per heavy atom. The summed E-state index contributed by atoms with van der Waals surface area (Å²) >= 11 is 0. The largest absolute Gasteiger partial charge is 0.385 e. The van der Waals surface area contributed by atoms with Crippen LogP contribution < -0.4 is 5.32 Å². The van der Waals surface area contributed by atoms with E-state index in [0.717, 1.165) is 23.4 Å². The van der Waals surface area contributed by atoms with E-state index < -0.39 is 0 Å². The Morgan fingerprint density at radius 1 is 1.46 bits per heavy atom. The van der Waals surface area contributed by atoms with Gasteiger partial charge in [0.15, 0.2) is 5.78 Å². The number of hydrogen-bond donors (Lipinski definition) is 1. The predicted octanol–water partition coefficient (Wildman–Crippen LogP) is 2.63. The maximum atomic E-state index is 11.3. The number of ketones is 1. The number of nitrogens with one attached hydrogen (secondary N) is 1. The zero-order valence-corrected chi connectivity index (χ0v) is 8.35. The fourth-order valence-corrected chi connectivity index (χ4v) is 1.47. The third kappa shape index (κ3) is 2.08. The van der Waals surface area contributed by atoms with Gasteiger partial charge >= 0.3 is 0 Å². The van der Waals surface area contributed by atoms with E-state index in [2.05, 4.69) is 5.32 Å². The molecule has 1 N–H and O–H groups in total. The molecule has 0 heterocycles. The number of Topliss-reactive ketones (excluding diaryl/α,β-unsaturated/α-hetero) is 1. The van der Waals surface area contributed by atoms with Gasteiger partial charge in [-0.3, -0.25) is 4.79 Å². The summed E-state index contributed by atoms with van der Waals surface area (Å²) < 4.78 is 0. The van der Waals surface area contributed by atoms with Crippen LogP contribution in [0.15, 0.2) is 18.2 Å². The molecule has 0 atom stereocenters. The third-order valence-corrected chi connectivity index (χ3v) is 1.99. The summed E-state index contributed by atoms with van der Waals surface area (Å²) in [6.45, 7) is 6.41. The predicted molar refractivity (Wildman–Crippen MR) is 55.3 cm³/mol. The smallest absolute Gasteiger partial charge is 0.162 e. The monoisotopic (exact) mass is 177 g/mol. The molecule has 0 aromatic heterocycles. The molecule has 0 aliphatic carbocycles. The van der Waals surface area contributed by atoms with Crippen LogP contribution in [0.5, 0.6) is 0 Å². The summed E-state index contributed by atoms with van der Waals surface area (Å²) in [5, 5.41) is 3.18. The molecule has 70 valence electrons. The topological polar surface area (TPSA) is 29.1 Å². The van der Waals surface area contributed by atoms with Gasteiger partial charge in [0.1, 0.15) is 0 Å². The van der Waals surface area contributed by atoms with Gasteiger partial charge in [0.05, 0.1) is 0 Å². The number of anilines is 1. The average Bonchev–Trinajstić information content (AvgIpc) is 2.04. The Hall–Kier alpha value is -1.31. The second-order valence-corrected chi connectivity index (χ2v) is 3.08. The van der Waals surface area contributed by atoms with Gasteiger partial charge in [0.2, 0.25) is 0 Å². The Bertz CT molecular complexity index is 318. The normalized spacial score (nSPS) is 9.77. The molecule has 1 aromatic rings. The first-order chi connectivity index (χ1) is 6.16.